The highest BCUT2D eigenvalue weighted by molar-refractivity contribution is 9.10. The van der Waals surface area contributed by atoms with Gasteiger partial charge < -0.3 is 15.2 Å². The summed E-state index contributed by atoms with van der Waals surface area (Å²) in [5.41, 5.74) is -0.0445. The van der Waals surface area contributed by atoms with E-state index < -0.39 is 40.8 Å². The van der Waals surface area contributed by atoms with E-state index in [1.165, 1.54) is 6.08 Å². The number of amides is 1. The van der Waals surface area contributed by atoms with Gasteiger partial charge in [-0.2, -0.15) is 0 Å². The van der Waals surface area contributed by atoms with Crippen molar-refractivity contribution in [3.63, 3.8) is 0 Å². The van der Waals surface area contributed by atoms with E-state index in [2.05, 4.69) is 26.0 Å². The van der Waals surface area contributed by atoms with Crippen LogP contribution in [0.5, 0.6) is 5.75 Å². The molecule has 44 heavy (non-hydrogen) atoms. The van der Waals surface area contributed by atoms with Gasteiger partial charge in [0.1, 0.15) is 11.6 Å². The molecule has 0 aliphatic heterocycles. The molecule has 3 aromatic carbocycles. The number of fused-ring (bicyclic) bond motifs is 3. The van der Waals surface area contributed by atoms with Gasteiger partial charge >= 0.3 is 12.3 Å². The number of benzene rings is 3. The zero-order chi connectivity index (χ0) is 31.4. The summed E-state index contributed by atoms with van der Waals surface area (Å²) in [4.78, 5) is 31.6. The minimum Gasteiger partial charge on any atom is -0.481 e. The van der Waals surface area contributed by atoms with E-state index in [-0.39, 0.29) is 36.8 Å². The van der Waals surface area contributed by atoms with E-state index in [9.17, 15) is 32.3 Å². The lowest BCUT2D eigenvalue weighted by atomic mass is 9.57. The van der Waals surface area contributed by atoms with Crippen molar-refractivity contribution in [2.45, 2.75) is 44.5 Å². The van der Waals surface area contributed by atoms with Gasteiger partial charge in [-0.15, -0.1) is 13.2 Å². The minimum atomic E-state index is -5.09. The van der Waals surface area contributed by atoms with Crippen LogP contribution >= 0.6 is 15.9 Å². The number of ether oxygens (including phenoxy) is 1. The van der Waals surface area contributed by atoms with E-state index in [0.29, 0.717) is 32.2 Å². The third kappa shape index (κ3) is 5.23. The Kier molecular flexibility index (Phi) is 7.27. The predicted octanol–water partition coefficient (Wildman–Crippen LogP) is 8.22. The summed E-state index contributed by atoms with van der Waals surface area (Å²) in [5, 5.41) is 13.8. The number of carbonyl (C=O) groups excluding carboxylic acids is 1. The molecule has 0 atom stereocenters. The maximum absolute atomic E-state index is 14.6. The molecule has 1 saturated carbocycles. The number of hydrogen-bond acceptors (Lipinski definition) is 4. The van der Waals surface area contributed by atoms with Crippen molar-refractivity contribution in [1.82, 2.24) is 10.3 Å². The number of hydrogen-bond donors (Lipinski definition) is 2. The number of carboxylic acid groups (broad SMARTS) is 1. The molecule has 0 spiro atoms. The van der Waals surface area contributed by atoms with Gasteiger partial charge in [-0.1, -0.05) is 52.3 Å². The number of carbonyl (C=O) groups is 2. The lowest BCUT2D eigenvalue weighted by molar-refractivity contribution is -0.274. The Labute approximate surface area is 257 Å². The van der Waals surface area contributed by atoms with Gasteiger partial charge in [0, 0.05) is 21.0 Å². The molecule has 7 rings (SSSR count). The normalized spacial score (nSPS) is 21.2. The molecule has 1 fully saturated rings. The molecule has 1 amide bonds. The molecule has 0 saturated heterocycles. The van der Waals surface area contributed by atoms with Crippen molar-refractivity contribution in [1.29, 1.82) is 0 Å². The predicted molar refractivity (Wildman–Crippen MR) is 159 cm³/mol. The van der Waals surface area contributed by atoms with Crippen molar-refractivity contribution in [2.75, 3.05) is 0 Å². The SMILES string of the molecule is Cc1c(-c2ccccc2)nc2ccc(Br)cc2c1C(=O)NC12CCC(C(=O)O)(C=C1c1cc(F)ccc1OC(F)(F)F)CC2. The summed E-state index contributed by atoms with van der Waals surface area (Å²) in [7, 11) is 0. The van der Waals surface area contributed by atoms with Gasteiger partial charge in [0.2, 0.25) is 0 Å². The first-order valence-corrected chi connectivity index (χ1v) is 14.6. The lowest BCUT2D eigenvalue weighted by Gasteiger charge is -2.51. The van der Waals surface area contributed by atoms with Gasteiger partial charge in [-0.05, 0) is 80.1 Å². The molecule has 2 N–H and O–H groups in total. The minimum absolute atomic E-state index is 0.0741. The average molecular weight is 669 g/mol. The van der Waals surface area contributed by atoms with Crippen LogP contribution in [0, 0.1) is 18.2 Å². The molecule has 6 nitrogen and oxygen atoms in total. The maximum atomic E-state index is 14.6. The Bertz CT molecular complexity index is 1850. The summed E-state index contributed by atoms with van der Waals surface area (Å²) < 4.78 is 59.7. The molecule has 1 aromatic heterocycles. The fourth-order valence-corrected chi connectivity index (χ4v) is 6.82. The third-order valence-corrected chi connectivity index (χ3v) is 9.13. The molecular weight excluding hydrogens is 644 g/mol. The van der Waals surface area contributed by atoms with Gasteiger partial charge in [-0.3, -0.25) is 9.59 Å². The van der Waals surface area contributed by atoms with Crippen LogP contribution in [0.1, 0.15) is 47.2 Å². The highest BCUT2D eigenvalue weighted by atomic mass is 79.9. The van der Waals surface area contributed by atoms with E-state index in [1.54, 1.807) is 25.1 Å². The Balaban J connectivity index is 1.52. The van der Waals surface area contributed by atoms with Crippen LogP contribution < -0.4 is 10.1 Å². The summed E-state index contributed by atoms with van der Waals surface area (Å²) in [6.45, 7) is 1.78. The van der Waals surface area contributed by atoms with Crippen molar-refractivity contribution in [3.8, 4) is 17.0 Å². The van der Waals surface area contributed by atoms with Gasteiger partial charge in [0.25, 0.3) is 5.91 Å². The second-order valence-electron chi connectivity index (χ2n) is 11.2. The molecule has 4 aromatic rings. The smallest absolute Gasteiger partial charge is 0.481 e. The van der Waals surface area contributed by atoms with Crippen molar-refractivity contribution in [3.05, 3.63) is 99.8 Å². The van der Waals surface area contributed by atoms with Crippen LogP contribution in [0.3, 0.4) is 0 Å². The fourth-order valence-electron chi connectivity index (χ4n) is 6.46. The molecule has 3 aliphatic rings. The van der Waals surface area contributed by atoms with Crippen LogP contribution in [0.2, 0.25) is 0 Å². The van der Waals surface area contributed by atoms with Gasteiger partial charge in [0.05, 0.1) is 27.7 Å². The number of aromatic nitrogens is 1. The number of carboxylic acids is 1. The highest BCUT2D eigenvalue weighted by Gasteiger charge is 2.54. The van der Waals surface area contributed by atoms with Gasteiger partial charge in [0.15, 0.2) is 0 Å². The molecule has 226 valence electrons. The molecule has 3 aliphatic carbocycles. The zero-order valence-electron chi connectivity index (χ0n) is 23.3. The molecule has 0 radical (unpaired) electrons. The van der Waals surface area contributed by atoms with Crippen LogP contribution in [-0.4, -0.2) is 33.9 Å². The van der Waals surface area contributed by atoms with Crippen molar-refractivity contribution >= 4 is 44.3 Å². The maximum Gasteiger partial charge on any atom is 0.573 e. The number of nitrogens with one attached hydrogen (secondary N) is 1. The van der Waals surface area contributed by atoms with Crippen LogP contribution in [0.25, 0.3) is 27.7 Å². The van der Waals surface area contributed by atoms with E-state index in [1.807, 2.05) is 30.3 Å². The summed E-state index contributed by atoms with van der Waals surface area (Å²) in [6.07, 6.45) is -3.24. The van der Waals surface area contributed by atoms with Gasteiger partial charge in [-0.25, -0.2) is 9.37 Å². The number of halogens is 5. The number of rotatable bonds is 6. The Hall–Kier alpha value is -4.25. The van der Waals surface area contributed by atoms with E-state index >= 15 is 0 Å². The summed E-state index contributed by atoms with van der Waals surface area (Å²) >= 11 is 3.47. The number of alkyl halides is 3. The summed E-state index contributed by atoms with van der Waals surface area (Å²) in [6, 6.07) is 17.3. The Morgan fingerprint density at radius 2 is 1.70 bits per heavy atom. The standard InChI is InChI=1S/C33H25BrF4N2O4/c1-18-27(23-15-20(34)7-9-25(23)39-28(18)19-5-3-2-4-6-19)29(41)40-32-13-11-31(12-14-32,30(42)43)17-24(32)22-16-21(35)8-10-26(22)44-33(36,37)38/h2-10,15-17H,11-14H2,1H3,(H,40,41)(H,42,43). The fraction of sp³-hybridized carbons (Fsp3) is 0.242. The monoisotopic (exact) mass is 668 g/mol. The van der Waals surface area contributed by atoms with E-state index in [4.69, 9.17) is 4.98 Å². The second-order valence-corrected chi connectivity index (χ2v) is 12.1. The highest BCUT2D eigenvalue weighted by Crippen LogP contribution is 2.56. The van der Waals surface area contributed by atoms with Crippen molar-refractivity contribution in [2.24, 2.45) is 5.41 Å². The number of pyridine rings is 1. The molecule has 1 heterocycles. The lowest BCUT2D eigenvalue weighted by Crippen LogP contribution is -2.57. The first-order valence-electron chi connectivity index (χ1n) is 13.8. The largest absolute Gasteiger partial charge is 0.573 e. The average Bonchev–Trinajstić information content (AvgIpc) is 2.98. The van der Waals surface area contributed by atoms with E-state index in [0.717, 1.165) is 23.8 Å². The molecule has 2 bridgehead atoms. The van der Waals surface area contributed by atoms with Crippen LogP contribution in [0.15, 0.2) is 77.3 Å². The Morgan fingerprint density at radius 3 is 2.36 bits per heavy atom. The van der Waals surface area contributed by atoms with Crippen LogP contribution in [0.4, 0.5) is 17.6 Å². The number of nitrogens with zero attached hydrogens (tertiary/aromatic N) is 1. The topological polar surface area (TPSA) is 88.5 Å². The van der Waals surface area contributed by atoms with Crippen molar-refractivity contribution < 1.29 is 37.0 Å². The number of aliphatic carboxylic acids is 1. The third-order valence-electron chi connectivity index (χ3n) is 8.63. The second kappa shape index (κ2) is 10.7. The molecular formula is C33H25BrF4N2O4. The van der Waals surface area contributed by atoms with Crippen LogP contribution in [-0.2, 0) is 4.79 Å². The first kappa shape index (κ1) is 29.8. The first-order chi connectivity index (χ1) is 20.8. The molecule has 11 heteroatoms. The summed E-state index contributed by atoms with van der Waals surface area (Å²) in [5.74, 6) is -3.18. The Morgan fingerprint density at radius 1 is 1.00 bits per heavy atom. The molecule has 0 unspecified atom stereocenters. The quantitative estimate of drug-likeness (QED) is 0.202. The zero-order valence-corrected chi connectivity index (χ0v) is 24.9.